The molecule has 1 aliphatic carbocycles. The summed E-state index contributed by atoms with van der Waals surface area (Å²) in [6.07, 6.45) is 4.75. The van der Waals surface area contributed by atoms with Crippen molar-refractivity contribution in [3.8, 4) is 0 Å². The van der Waals surface area contributed by atoms with Gasteiger partial charge in [-0.15, -0.1) is 0 Å². The lowest BCUT2D eigenvalue weighted by Crippen LogP contribution is -2.44. The highest BCUT2D eigenvalue weighted by atomic mass is 16.5. The van der Waals surface area contributed by atoms with Crippen LogP contribution in [0, 0.1) is 17.3 Å². The van der Waals surface area contributed by atoms with Crippen LogP contribution in [0.3, 0.4) is 0 Å². The average Bonchev–Trinajstić information content (AvgIpc) is 2.26. The molecule has 3 heteroatoms. The normalized spacial score (nSPS) is 28.0. The molecule has 0 aromatic heterocycles. The summed E-state index contributed by atoms with van der Waals surface area (Å²) in [6, 6.07) is 0. The molecule has 0 amide bonds. The Morgan fingerprint density at radius 3 is 2.56 bits per heavy atom. The average molecular weight is 252 g/mol. The van der Waals surface area contributed by atoms with Gasteiger partial charge in [-0.3, -0.25) is 4.79 Å². The molecule has 1 rings (SSSR count). The number of hydrogen-bond acceptors (Lipinski definition) is 2. The number of carbonyl (C=O) groups is 1. The second kappa shape index (κ2) is 5.70. The van der Waals surface area contributed by atoms with E-state index in [1.54, 1.807) is 7.11 Å². The zero-order valence-corrected chi connectivity index (χ0v) is 12.0. The Kier molecular flexibility index (Phi) is 4.74. The lowest BCUT2D eigenvalue weighted by Gasteiger charge is -2.41. The first-order valence-electron chi connectivity index (χ1n) is 6.46. The molecule has 2 atom stereocenters. The van der Waals surface area contributed by atoms with Crippen molar-refractivity contribution in [1.29, 1.82) is 0 Å². The van der Waals surface area contributed by atoms with Gasteiger partial charge in [0.1, 0.15) is 0 Å². The quantitative estimate of drug-likeness (QED) is 0.816. The van der Waals surface area contributed by atoms with Crippen molar-refractivity contribution >= 4 is 5.97 Å². The van der Waals surface area contributed by atoms with Gasteiger partial charge in [-0.25, -0.2) is 0 Å². The van der Waals surface area contributed by atoms with E-state index in [2.05, 4.69) is 6.08 Å². The van der Waals surface area contributed by atoms with Crippen molar-refractivity contribution in [2.45, 2.75) is 34.1 Å². The Labute approximate surface area is 110 Å². The Balaban J connectivity index is 3.24. The molecule has 2 unspecified atom stereocenters. The number of methoxy groups -OCH3 is 1. The van der Waals surface area contributed by atoms with Gasteiger partial charge in [-0.2, -0.15) is 0 Å². The van der Waals surface area contributed by atoms with Gasteiger partial charge in [0.15, 0.2) is 0 Å². The Morgan fingerprint density at radius 2 is 2.11 bits per heavy atom. The van der Waals surface area contributed by atoms with Crippen LogP contribution >= 0.6 is 0 Å². The third-order valence-electron chi connectivity index (χ3n) is 3.98. The summed E-state index contributed by atoms with van der Waals surface area (Å²) < 4.78 is 5.13. The highest BCUT2D eigenvalue weighted by molar-refractivity contribution is 5.79. The number of rotatable bonds is 5. The van der Waals surface area contributed by atoms with Crippen LogP contribution in [0.2, 0.25) is 0 Å². The van der Waals surface area contributed by atoms with Gasteiger partial charge in [0.2, 0.25) is 0 Å². The summed E-state index contributed by atoms with van der Waals surface area (Å²) in [5, 5.41) is 9.75. The van der Waals surface area contributed by atoms with Crippen molar-refractivity contribution in [1.82, 2.24) is 0 Å². The van der Waals surface area contributed by atoms with Crippen LogP contribution in [0.5, 0.6) is 0 Å². The summed E-state index contributed by atoms with van der Waals surface area (Å²) in [4.78, 5) is 11.9. The van der Waals surface area contributed by atoms with Crippen molar-refractivity contribution in [3.05, 3.63) is 23.3 Å². The van der Waals surface area contributed by atoms with E-state index in [9.17, 15) is 9.90 Å². The second-order valence-electron chi connectivity index (χ2n) is 5.50. The fourth-order valence-corrected chi connectivity index (χ4v) is 3.08. The molecule has 0 radical (unpaired) electrons. The molecule has 0 heterocycles. The first kappa shape index (κ1) is 15.0. The predicted molar refractivity (Wildman–Crippen MR) is 72.4 cm³/mol. The van der Waals surface area contributed by atoms with Crippen LogP contribution < -0.4 is 0 Å². The third-order valence-corrected chi connectivity index (χ3v) is 3.98. The van der Waals surface area contributed by atoms with Crippen LogP contribution in [0.1, 0.15) is 34.1 Å². The largest absolute Gasteiger partial charge is 0.481 e. The smallest absolute Gasteiger partial charge is 0.314 e. The summed E-state index contributed by atoms with van der Waals surface area (Å²) in [6.45, 7) is 8.55. The summed E-state index contributed by atoms with van der Waals surface area (Å²) in [5.41, 5.74) is 1.38. The predicted octanol–water partition coefficient (Wildman–Crippen LogP) is 3.27. The van der Waals surface area contributed by atoms with Gasteiger partial charge in [-0.1, -0.05) is 37.1 Å². The molecule has 0 aromatic rings. The first-order chi connectivity index (χ1) is 8.36. The van der Waals surface area contributed by atoms with Gasteiger partial charge in [-0.05, 0) is 26.2 Å². The molecular weight excluding hydrogens is 228 g/mol. The number of allylic oxidation sites excluding steroid dienone is 3. The van der Waals surface area contributed by atoms with E-state index in [0.717, 1.165) is 17.6 Å². The number of carboxylic acids is 1. The van der Waals surface area contributed by atoms with E-state index in [-0.39, 0.29) is 11.8 Å². The second-order valence-corrected chi connectivity index (χ2v) is 5.50. The number of hydrogen-bond donors (Lipinski definition) is 1. The number of ether oxygens (including phenoxy) is 1. The lowest BCUT2D eigenvalue weighted by molar-refractivity contribution is -0.151. The van der Waals surface area contributed by atoms with Crippen molar-refractivity contribution < 1.29 is 14.6 Å². The Morgan fingerprint density at radius 1 is 1.50 bits per heavy atom. The summed E-state index contributed by atoms with van der Waals surface area (Å²) in [7, 11) is 1.65. The molecular formula is C15H24O3. The number of aliphatic carboxylic acids is 1. The van der Waals surface area contributed by atoms with Gasteiger partial charge in [0.25, 0.3) is 0 Å². The minimum absolute atomic E-state index is 0.0126. The van der Waals surface area contributed by atoms with Crippen LogP contribution in [-0.4, -0.2) is 24.8 Å². The van der Waals surface area contributed by atoms with Crippen LogP contribution in [0.4, 0.5) is 0 Å². The standard InChI is InChI=1S/C15H24O3/c1-10(2)15(14(16)17)9-11(3)8-12(4)13(15)6-7-18-5/h8-10,13H,6-7H2,1-5H3,(H,16,17). The van der Waals surface area contributed by atoms with Crippen LogP contribution in [0.25, 0.3) is 0 Å². The molecule has 0 bridgehead atoms. The van der Waals surface area contributed by atoms with Gasteiger partial charge < -0.3 is 9.84 Å². The molecule has 1 N–H and O–H groups in total. The van der Waals surface area contributed by atoms with E-state index >= 15 is 0 Å². The van der Waals surface area contributed by atoms with Crippen LogP contribution in [0.15, 0.2) is 23.3 Å². The highest BCUT2D eigenvalue weighted by Crippen LogP contribution is 2.47. The maximum absolute atomic E-state index is 11.9. The van der Waals surface area contributed by atoms with E-state index in [0.29, 0.717) is 6.61 Å². The van der Waals surface area contributed by atoms with Gasteiger partial charge >= 0.3 is 5.97 Å². The van der Waals surface area contributed by atoms with Crippen molar-refractivity contribution in [2.24, 2.45) is 17.3 Å². The molecule has 0 aromatic carbocycles. The maximum atomic E-state index is 11.9. The summed E-state index contributed by atoms with van der Waals surface area (Å²) >= 11 is 0. The molecule has 1 aliphatic rings. The molecule has 0 saturated heterocycles. The minimum atomic E-state index is -0.804. The monoisotopic (exact) mass is 252 g/mol. The third kappa shape index (κ3) is 2.51. The zero-order valence-electron chi connectivity index (χ0n) is 12.0. The van der Waals surface area contributed by atoms with Crippen molar-refractivity contribution in [2.75, 3.05) is 13.7 Å². The zero-order chi connectivity index (χ0) is 13.9. The molecule has 0 saturated carbocycles. The maximum Gasteiger partial charge on any atom is 0.314 e. The van der Waals surface area contributed by atoms with E-state index in [1.807, 2.05) is 33.8 Å². The topological polar surface area (TPSA) is 46.5 Å². The van der Waals surface area contributed by atoms with Gasteiger partial charge in [0, 0.05) is 19.6 Å². The lowest BCUT2D eigenvalue weighted by atomic mass is 9.61. The van der Waals surface area contributed by atoms with E-state index in [4.69, 9.17) is 4.74 Å². The summed E-state index contributed by atoms with van der Waals surface area (Å²) in [5.74, 6) is -0.667. The SMILES string of the molecule is COCCC1C(C)=CC(C)=CC1(C(=O)O)C(C)C. The Bertz CT molecular complexity index is 379. The fourth-order valence-electron chi connectivity index (χ4n) is 3.08. The molecule has 0 fully saturated rings. The highest BCUT2D eigenvalue weighted by Gasteiger charge is 2.48. The fraction of sp³-hybridized carbons (Fsp3) is 0.667. The minimum Gasteiger partial charge on any atom is -0.481 e. The van der Waals surface area contributed by atoms with E-state index < -0.39 is 11.4 Å². The Hall–Kier alpha value is -1.09. The molecule has 3 nitrogen and oxygen atoms in total. The van der Waals surface area contributed by atoms with Crippen molar-refractivity contribution in [3.63, 3.8) is 0 Å². The molecule has 0 aliphatic heterocycles. The van der Waals surface area contributed by atoms with Crippen LogP contribution in [-0.2, 0) is 9.53 Å². The molecule has 102 valence electrons. The van der Waals surface area contributed by atoms with E-state index in [1.165, 1.54) is 0 Å². The van der Waals surface area contributed by atoms with Gasteiger partial charge in [0.05, 0.1) is 5.41 Å². The number of carboxylic acid groups (broad SMARTS) is 1. The molecule has 18 heavy (non-hydrogen) atoms. The first-order valence-corrected chi connectivity index (χ1v) is 6.46. The molecule has 0 spiro atoms.